The zero-order valence-electron chi connectivity index (χ0n) is 10.1. The molecule has 98 valence electrons. The maximum Gasteiger partial charge on any atom is 0.345 e. The molecule has 0 amide bonds. The van der Waals surface area contributed by atoms with Gasteiger partial charge < -0.3 is 4.74 Å². The number of rotatable bonds is 5. The van der Waals surface area contributed by atoms with E-state index < -0.39 is 16.6 Å². The van der Waals surface area contributed by atoms with Crippen molar-refractivity contribution >= 4 is 23.3 Å². The first-order chi connectivity index (χ1) is 8.41. The number of pyridine rings is 1. The molecule has 0 aliphatic carbocycles. The molecular formula is C11H13ClN2O4. The molecule has 0 unspecified atom stereocenters. The van der Waals surface area contributed by atoms with E-state index >= 15 is 0 Å². The first-order valence-corrected chi connectivity index (χ1v) is 5.76. The molecule has 0 aliphatic heterocycles. The van der Waals surface area contributed by atoms with E-state index in [1.807, 2.05) is 13.8 Å². The number of aromatic nitrogens is 1. The molecule has 1 rings (SSSR count). The summed E-state index contributed by atoms with van der Waals surface area (Å²) >= 11 is 5.61. The van der Waals surface area contributed by atoms with Gasteiger partial charge in [0.15, 0.2) is 0 Å². The second-order valence-electron chi connectivity index (χ2n) is 4.10. The largest absolute Gasteiger partial charge is 0.462 e. The molecule has 0 bridgehead atoms. The van der Waals surface area contributed by atoms with Crippen LogP contribution in [0.2, 0.25) is 5.15 Å². The van der Waals surface area contributed by atoms with Gasteiger partial charge in [-0.2, -0.15) is 0 Å². The highest BCUT2D eigenvalue weighted by atomic mass is 35.5. The highest BCUT2D eigenvalue weighted by molar-refractivity contribution is 6.29. The van der Waals surface area contributed by atoms with Crippen molar-refractivity contribution in [3.05, 3.63) is 33.1 Å². The van der Waals surface area contributed by atoms with Gasteiger partial charge >= 0.3 is 11.7 Å². The second kappa shape index (κ2) is 6.30. The Morgan fingerprint density at radius 2 is 2.28 bits per heavy atom. The monoisotopic (exact) mass is 272 g/mol. The molecule has 1 aromatic rings. The number of hydrogen-bond acceptors (Lipinski definition) is 5. The molecule has 0 aliphatic rings. The Hall–Kier alpha value is -1.69. The molecule has 0 N–H and O–H groups in total. The van der Waals surface area contributed by atoms with Crippen LogP contribution in [0.25, 0.3) is 0 Å². The lowest BCUT2D eigenvalue weighted by molar-refractivity contribution is -0.385. The molecule has 0 saturated heterocycles. The molecule has 18 heavy (non-hydrogen) atoms. The van der Waals surface area contributed by atoms with Gasteiger partial charge in [-0.3, -0.25) is 10.1 Å². The molecule has 1 aromatic heterocycles. The molecular weight excluding hydrogens is 260 g/mol. The third kappa shape index (κ3) is 3.96. The highest BCUT2D eigenvalue weighted by Gasteiger charge is 2.22. The Labute approximate surface area is 109 Å². The quantitative estimate of drug-likeness (QED) is 0.356. The number of nitrogens with zero attached hydrogens (tertiary/aromatic N) is 2. The summed E-state index contributed by atoms with van der Waals surface area (Å²) in [6.07, 6.45) is 1.64. The highest BCUT2D eigenvalue weighted by Crippen LogP contribution is 2.21. The average molecular weight is 273 g/mol. The lowest BCUT2D eigenvalue weighted by atomic mass is 10.1. The average Bonchev–Trinajstić information content (AvgIpc) is 2.27. The summed E-state index contributed by atoms with van der Waals surface area (Å²) in [6.45, 7) is 4.19. The minimum Gasteiger partial charge on any atom is -0.462 e. The molecule has 7 heteroatoms. The van der Waals surface area contributed by atoms with Crippen LogP contribution in [0.4, 0.5) is 5.69 Å². The maximum atomic E-state index is 11.7. The molecule has 0 spiro atoms. The molecule has 0 atom stereocenters. The van der Waals surface area contributed by atoms with Gasteiger partial charge in [0, 0.05) is 0 Å². The van der Waals surface area contributed by atoms with Crippen LogP contribution in [0.3, 0.4) is 0 Å². The molecule has 0 radical (unpaired) electrons. The lowest BCUT2D eigenvalue weighted by Gasteiger charge is -2.07. The zero-order chi connectivity index (χ0) is 13.7. The van der Waals surface area contributed by atoms with Gasteiger partial charge in [0.2, 0.25) is 0 Å². The Morgan fingerprint density at radius 3 is 2.83 bits per heavy atom. The SMILES string of the molecule is CC(C)CCOC(=O)c1cc(Cl)ncc1[N+](=O)[O-]. The summed E-state index contributed by atoms with van der Waals surface area (Å²) in [4.78, 5) is 25.3. The van der Waals surface area contributed by atoms with E-state index in [0.29, 0.717) is 12.3 Å². The number of hydrogen-bond donors (Lipinski definition) is 0. The summed E-state index contributed by atoms with van der Waals surface area (Å²) in [7, 11) is 0. The fraction of sp³-hybridized carbons (Fsp3) is 0.455. The minimum atomic E-state index is -0.758. The van der Waals surface area contributed by atoms with Crippen LogP contribution in [-0.2, 0) is 4.74 Å². The van der Waals surface area contributed by atoms with Gasteiger partial charge in [-0.15, -0.1) is 0 Å². The number of ether oxygens (including phenoxy) is 1. The number of carbonyl (C=O) groups is 1. The van der Waals surface area contributed by atoms with Crippen molar-refractivity contribution in [2.75, 3.05) is 6.61 Å². The fourth-order valence-electron chi connectivity index (χ4n) is 1.20. The molecule has 0 aromatic carbocycles. The number of carbonyl (C=O) groups excluding carboxylic acids is 1. The van der Waals surface area contributed by atoms with Gasteiger partial charge in [0.1, 0.15) is 16.9 Å². The van der Waals surface area contributed by atoms with Crippen molar-refractivity contribution in [2.24, 2.45) is 5.92 Å². The fourth-order valence-corrected chi connectivity index (χ4v) is 1.35. The Morgan fingerprint density at radius 1 is 1.61 bits per heavy atom. The van der Waals surface area contributed by atoms with Crippen LogP contribution in [0.5, 0.6) is 0 Å². The predicted octanol–water partition coefficient (Wildman–Crippen LogP) is 2.85. The second-order valence-corrected chi connectivity index (χ2v) is 4.49. The van der Waals surface area contributed by atoms with Crippen molar-refractivity contribution in [1.29, 1.82) is 0 Å². The molecule has 0 saturated carbocycles. The first kappa shape index (κ1) is 14.4. The van der Waals surface area contributed by atoms with E-state index in [4.69, 9.17) is 16.3 Å². The maximum absolute atomic E-state index is 11.7. The molecule has 1 heterocycles. The summed E-state index contributed by atoms with van der Waals surface area (Å²) in [5, 5.41) is 10.7. The third-order valence-corrected chi connectivity index (χ3v) is 2.40. The van der Waals surface area contributed by atoms with Crippen LogP contribution in [0.15, 0.2) is 12.3 Å². The Bertz CT molecular complexity index is 462. The van der Waals surface area contributed by atoms with Crippen LogP contribution in [0, 0.1) is 16.0 Å². The molecule has 6 nitrogen and oxygen atoms in total. The number of halogens is 1. The summed E-state index contributed by atoms with van der Waals surface area (Å²) in [5.41, 5.74) is -0.585. The topological polar surface area (TPSA) is 82.3 Å². The minimum absolute atomic E-state index is 0.0106. The van der Waals surface area contributed by atoms with Crippen LogP contribution in [-0.4, -0.2) is 22.5 Å². The van der Waals surface area contributed by atoms with Crippen molar-refractivity contribution in [3.63, 3.8) is 0 Å². The van der Waals surface area contributed by atoms with Crippen molar-refractivity contribution in [1.82, 2.24) is 4.98 Å². The van der Waals surface area contributed by atoms with E-state index in [2.05, 4.69) is 4.98 Å². The third-order valence-electron chi connectivity index (χ3n) is 2.19. The summed E-state index contributed by atoms with van der Waals surface area (Å²) in [5.74, 6) is -0.375. The summed E-state index contributed by atoms with van der Waals surface area (Å²) < 4.78 is 4.95. The van der Waals surface area contributed by atoms with Crippen molar-refractivity contribution < 1.29 is 14.5 Å². The molecule has 0 fully saturated rings. The van der Waals surface area contributed by atoms with Gasteiger partial charge in [-0.1, -0.05) is 25.4 Å². The number of esters is 1. The Kier molecular flexibility index (Phi) is 5.03. The standard InChI is InChI=1S/C11H13ClN2O4/c1-7(2)3-4-18-11(15)8-5-10(12)13-6-9(8)14(16)17/h5-7H,3-4H2,1-2H3. The van der Waals surface area contributed by atoms with Gasteiger partial charge in [0.25, 0.3) is 0 Å². The smallest absolute Gasteiger partial charge is 0.345 e. The Balaban J connectivity index is 2.84. The van der Waals surface area contributed by atoms with Crippen molar-refractivity contribution in [3.8, 4) is 0 Å². The van der Waals surface area contributed by atoms with E-state index in [0.717, 1.165) is 12.3 Å². The van der Waals surface area contributed by atoms with Gasteiger partial charge in [0.05, 0.1) is 11.5 Å². The summed E-state index contributed by atoms with van der Waals surface area (Å²) in [6, 6.07) is 1.14. The van der Waals surface area contributed by atoms with E-state index in [-0.39, 0.29) is 17.3 Å². The van der Waals surface area contributed by atoms with E-state index in [9.17, 15) is 14.9 Å². The van der Waals surface area contributed by atoms with Gasteiger partial charge in [-0.05, 0) is 18.4 Å². The first-order valence-electron chi connectivity index (χ1n) is 5.39. The van der Waals surface area contributed by atoms with Crippen LogP contribution in [0.1, 0.15) is 30.6 Å². The zero-order valence-corrected chi connectivity index (χ0v) is 10.8. The normalized spacial score (nSPS) is 10.4. The predicted molar refractivity (Wildman–Crippen MR) is 65.6 cm³/mol. The van der Waals surface area contributed by atoms with E-state index in [1.165, 1.54) is 0 Å². The van der Waals surface area contributed by atoms with Crippen LogP contribution < -0.4 is 0 Å². The van der Waals surface area contributed by atoms with Crippen LogP contribution >= 0.6 is 11.6 Å². The number of nitro groups is 1. The lowest BCUT2D eigenvalue weighted by Crippen LogP contribution is -2.10. The van der Waals surface area contributed by atoms with Crippen molar-refractivity contribution in [2.45, 2.75) is 20.3 Å². The van der Waals surface area contributed by atoms with E-state index in [1.54, 1.807) is 0 Å². The van der Waals surface area contributed by atoms with Gasteiger partial charge in [-0.25, -0.2) is 9.78 Å².